The number of fused-ring (bicyclic) bond motifs is 2. The Bertz CT molecular complexity index is 1110. The molecular formula is C24H24BClN4O. The van der Waals surface area contributed by atoms with Gasteiger partial charge in [0, 0.05) is 0 Å². The van der Waals surface area contributed by atoms with Gasteiger partial charge in [-0.3, -0.25) is 0 Å². The van der Waals surface area contributed by atoms with Crippen LogP contribution in [0.5, 0.6) is 0 Å². The topological polar surface area (TPSA) is 39.2 Å². The molecule has 0 unspecified atom stereocenters. The first-order chi connectivity index (χ1) is 15.2. The zero-order chi connectivity index (χ0) is 21.4. The van der Waals surface area contributed by atoms with Gasteiger partial charge in [0.25, 0.3) is 0 Å². The first-order valence-electron chi connectivity index (χ1n) is 10.7. The van der Waals surface area contributed by atoms with Crippen molar-refractivity contribution in [2.75, 3.05) is 26.2 Å². The Morgan fingerprint density at radius 3 is 2.61 bits per heavy atom. The molecule has 0 fully saturated rings. The molecule has 0 radical (unpaired) electrons. The van der Waals surface area contributed by atoms with Crippen LogP contribution in [0.3, 0.4) is 0 Å². The number of guanidine groups is 1. The van der Waals surface area contributed by atoms with Crippen LogP contribution in [0.25, 0.3) is 0 Å². The van der Waals surface area contributed by atoms with Crippen LogP contribution in [0, 0.1) is 0 Å². The molecule has 3 aliphatic heterocycles. The quantitative estimate of drug-likeness (QED) is 0.683. The van der Waals surface area contributed by atoms with E-state index >= 15 is 0 Å². The van der Waals surface area contributed by atoms with E-state index in [-0.39, 0.29) is 5.91 Å². The average molecular weight is 431 g/mol. The van der Waals surface area contributed by atoms with E-state index in [0.717, 1.165) is 60.9 Å². The third-order valence-electron chi connectivity index (χ3n) is 6.24. The number of aliphatic imine (C=N–C) groups is 1. The molecule has 156 valence electrons. The predicted molar refractivity (Wildman–Crippen MR) is 127 cm³/mol. The molecular weight excluding hydrogens is 407 g/mol. The summed E-state index contributed by atoms with van der Waals surface area (Å²) in [5, 5.41) is 0.673. The molecule has 0 saturated heterocycles. The Hall–Kier alpha value is -2.70. The third kappa shape index (κ3) is 3.75. The van der Waals surface area contributed by atoms with Crippen molar-refractivity contribution in [3.8, 4) is 0 Å². The first kappa shape index (κ1) is 20.2. The van der Waals surface area contributed by atoms with Crippen LogP contribution in [0.15, 0.2) is 64.8 Å². The van der Waals surface area contributed by atoms with Crippen LogP contribution in [-0.4, -0.2) is 66.1 Å². The Kier molecular flexibility index (Phi) is 5.51. The molecule has 0 aromatic heterocycles. The van der Waals surface area contributed by atoms with Gasteiger partial charge in [0.1, 0.15) is 0 Å². The zero-order valence-electron chi connectivity index (χ0n) is 17.4. The molecule has 7 heteroatoms. The van der Waals surface area contributed by atoms with E-state index in [9.17, 15) is 4.79 Å². The second-order valence-electron chi connectivity index (χ2n) is 8.10. The van der Waals surface area contributed by atoms with E-state index in [1.807, 2.05) is 37.3 Å². The van der Waals surface area contributed by atoms with Gasteiger partial charge in [0.15, 0.2) is 0 Å². The van der Waals surface area contributed by atoms with Crippen molar-refractivity contribution in [3.63, 3.8) is 0 Å². The molecule has 3 aliphatic rings. The number of hydrogen-bond donors (Lipinski definition) is 0. The minimum atomic E-state index is 0.0496. The second-order valence-corrected chi connectivity index (χ2v) is 8.51. The SMILES string of the molecule is C=Bc1ccccc1CN1CCC2=C(C1)C(=O)N(Cc1ccccc1Cl)C1=NCCN12. The number of benzene rings is 2. The van der Waals surface area contributed by atoms with Gasteiger partial charge in [0.05, 0.1) is 0 Å². The Balaban J connectivity index is 1.42. The van der Waals surface area contributed by atoms with Crippen LogP contribution < -0.4 is 5.46 Å². The van der Waals surface area contributed by atoms with Gasteiger partial charge in [-0.15, -0.1) is 0 Å². The van der Waals surface area contributed by atoms with Crippen LogP contribution in [0.4, 0.5) is 0 Å². The van der Waals surface area contributed by atoms with Crippen molar-refractivity contribution in [2.24, 2.45) is 4.99 Å². The van der Waals surface area contributed by atoms with Gasteiger partial charge < -0.3 is 0 Å². The predicted octanol–water partition coefficient (Wildman–Crippen LogP) is 2.28. The molecule has 0 atom stereocenters. The van der Waals surface area contributed by atoms with Crippen molar-refractivity contribution in [2.45, 2.75) is 19.5 Å². The van der Waals surface area contributed by atoms with Gasteiger partial charge in [-0.1, -0.05) is 6.07 Å². The fraction of sp³-hybridized carbons (Fsp3) is 0.292. The summed E-state index contributed by atoms with van der Waals surface area (Å²) in [5.74, 6) is 0.822. The molecule has 0 aliphatic carbocycles. The van der Waals surface area contributed by atoms with E-state index in [0.29, 0.717) is 18.1 Å². The maximum absolute atomic E-state index is 13.6. The molecule has 5 nitrogen and oxygen atoms in total. The molecule has 2 aromatic carbocycles. The monoisotopic (exact) mass is 430 g/mol. The fourth-order valence-corrected chi connectivity index (χ4v) is 4.86. The second kappa shape index (κ2) is 8.44. The third-order valence-corrected chi connectivity index (χ3v) is 6.61. The van der Waals surface area contributed by atoms with Gasteiger partial charge in [-0.2, -0.15) is 0 Å². The Morgan fingerprint density at radius 1 is 1.03 bits per heavy atom. The number of carbonyl (C=O) groups is 1. The number of halogens is 1. The first-order valence-corrected chi connectivity index (χ1v) is 11.1. The van der Waals surface area contributed by atoms with Crippen molar-refractivity contribution in [3.05, 3.63) is 76.0 Å². The number of rotatable bonds is 5. The molecule has 1 amide bonds. The van der Waals surface area contributed by atoms with E-state index in [1.54, 1.807) is 4.90 Å². The molecule has 0 N–H and O–H groups in total. The summed E-state index contributed by atoms with van der Waals surface area (Å²) < 4.78 is 0. The van der Waals surface area contributed by atoms with Gasteiger partial charge in [0.2, 0.25) is 0 Å². The average Bonchev–Trinajstić information content (AvgIpc) is 3.28. The zero-order valence-corrected chi connectivity index (χ0v) is 18.2. The molecule has 2 aromatic rings. The van der Waals surface area contributed by atoms with Gasteiger partial charge in [-0.05, 0) is 0 Å². The normalized spacial score (nSPS) is 18.6. The van der Waals surface area contributed by atoms with Crippen molar-refractivity contribution < 1.29 is 4.79 Å². The molecule has 5 rings (SSSR count). The Labute approximate surface area is 188 Å². The van der Waals surface area contributed by atoms with Gasteiger partial charge in [-0.25, -0.2) is 0 Å². The summed E-state index contributed by atoms with van der Waals surface area (Å²) in [7, 11) is 0. The van der Waals surface area contributed by atoms with Gasteiger partial charge >= 0.3 is 182 Å². The summed E-state index contributed by atoms with van der Waals surface area (Å²) >= 11 is 6.39. The van der Waals surface area contributed by atoms with E-state index in [4.69, 9.17) is 11.6 Å². The summed E-state index contributed by atoms with van der Waals surface area (Å²) in [4.78, 5) is 24.7. The van der Waals surface area contributed by atoms with Crippen LogP contribution in [0.2, 0.25) is 5.02 Å². The minimum absolute atomic E-state index is 0.0496. The number of hydrogen-bond acceptors (Lipinski definition) is 4. The standard InChI is InChI=1S/C24H24BClN4O/c1-25-20-8-4-2-6-17(20)14-28-12-10-22-19(16-28)23(31)30(24-27-11-13-29(22)24)15-18-7-3-5-9-21(18)26/h2-9H,1,10-16H2. The number of nitrogens with zero attached hydrogens (tertiary/aromatic N) is 4. The van der Waals surface area contributed by atoms with E-state index in [2.05, 4.69) is 39.5 Å². The van der Waals surface area contributed by atoms with Crippen LogP contribution in [-0.2, 0) is 17.9 Å². The fourth-order valence-electron chi connectivity index (χ4n) is 4.67. The molecule has 0 spiro atoms. The van der Waals surface area contributed by atoms with Crippen LogP contribution >= 0.6 is 11.6 Å². The van der Waals surface area contributed by atoms with E-state index in [1.165, 1.54) is 5.56 Å². The number of carbonyl (C=O) groups excluding carboxylic acids is 1. The maximum atomic E-state index is 13.6. The van der Waals surface area contributed by atoms with Crippen molar-refractivity contribution >= 4 is 42.3 Å². The summed E-state index contributed by atoms with van der Waals surface area (Å²) in [5.41, 5.74) is 5.34. The van der Waals surface area contributed by atoms with Crippen LogP contribution in [0.1, 0.15) is 17.5 Å². The molecule has 3 heterocycles. The molecule has 0 saturated carbocycles. The summed E-state index contributed by atoms with van der Waals surface area (Å²) in [6, 6.07) is 16.0. The van der Waals surface area contributed by atoms with Crippen molar-refractivity contribution in [1.82, 2.24) is 14.7 Å². The molecule has 31 heavy (non-hydrogen) atoms. The Morgan fingerprint density at radius 2 is 1.81 bits per heavy atom. The summed E-state index contributed by atoms with van der Waals surface area (Å²) in [6.45, 7) is 10.2. The molecule has 0 bridgehead atoms. The van der Waals surface area contributed by atoms with Crippen molar-refractivity contribution in [1.29, 1.82) is 0 Å². The number of amides is 1. The van der Waals surface area contributed by atoms with E-state index < -0.39 is 0 Å². The summed E-state index contributed by atoms with van der Waals surface area (Å²) in [6.07, 6.45) is 0.857.